The molecule has 4 fully saturated rings. The van der Waals surface area contributed by atoms with Gasteiger partial charge < -0.3 is 4.74 Å². The van der Waals surface area contributed by atoms with Gasteiger partial charge in [0, 0.05) is 43.1 Å². The molecule has 7 nitrogen and oxygen atoms in total. The summed E-state index contributed by atoms with van der Waals surface area (Å²) < 4.78 is 70.3. The van der Waals surface area contributed by atoms with Gasteiger partial charge >= 0.3 is 6.18 Å². The van der Waals surface area contributed by atoms with Crippen LogP contribution in [0.15, 0.2) is 11.1 Å². The molecule has 0 N–H and O–H groups in total. The Labute approximate surface area is 160 Å². The molecule has 2 spiro atoms. The normalized spacial score (nSPS) is 27.1. The summed E-state index contributed by atoms with van der Waals surface area (Å²) in [6.07, 6.45) is -1.61. The summed E-state index contributed by atoms with van der Waals surface area (Å²) >= 11 is 0. The Hall–Kier alpha value is -1.30. The van der Waals surface area contributed by atoms with E-state index in [1.807, 2.05) is 0 Å². The minimum Gasteiger partial charge on any atom is -0.380 e. The molecule has 3 saturated heterocycles. The number of sulfonamides is 1. The van der Waals surface area contributed by atoms with E-state index in [0.29, 0.717) is 24.5 Å². The third-order valence-electron chi connectivity index (χ3n) is 6.58. The second-order valence-electron chi connectivity index (χ2n) is 8.87. The minimum absolute atomic E-state index is 0.0212. The summed E-state index contributed by atoms with van der Waals surface area (Å²) in [4.78, 5) is 8.72. The quantitative estimate of drug-likeness (QED) is 0.737. The topological polar surface area (TPSA) is 75.6 Å². The molecule has 11 heteroatoms. The Bertz CT molecular complexity index is 910. The van der Waals surface area contributed by atoms with E-state index in [2.05, 4.69) is 14.9 Å². The van der Waals surface area contributed by atoms with E-state index >= 15 is 0 Å². The number of aromatic nitrogens is 2. The van der Waals surface area contributed by atoms with Gasteiger partial charge in [-0.3, -0.25) is 4.90 Å². The fourth-order valence-corrected chi connectivity index (χ4v) is 6.73. The van der Waals surface area contributed by atoms with Crippen molar-refractivity contribution in [3.8, 4) is 0 Å². The molecule has 0 radical (unpaired) electrons. The lowest BCUT2D eigenvalue weighted by Crippen LogP contribution is -2.76. The molecule has 0 bridgehead atoms. The molecule has 0 aromatic carbocycles. The second-order valence-corrected chi connectivity index (χ2v) is 10.8. The Morgan fingerprint density at radius 1 is 1.14 bits per heavy atom. The zero-order valence-corrected chi connectivity index (χ0v) is 16.2. The molecule has 0 atom stereocenters. The average Bonchev–Trinajstić information content (AvgIpc) is 2.42. The lowest BCUT2D eigenvalue weighted by molar-refractivity contribution is -0.211. The lowest BCUT2D eigenvalue weighted by Gasteiger charge is -2.65. The van der Waals surface area contributed by atoms with Gasteiger partial charge in [0.15, 0.2) is 0 Å². The van der Waals surface area contributed by atoms with Gasteiger partial charge in [0.05, 0.1) is 25.1 Å². The SMILES string of the molecule is Cc1nc(C(F)(F)F)ncc1S(=O)(=O)N1CC2(CN(C3CC4(COC4)C3)C2)C1. The fourth-order valence-electron chi connectivity index (χ4n) is 4.95. The molecule has 3 aliphatic heterocycles. The summed E-state index contributed by atoms with van der Waals surface area (Å²) in [5.41, 5.74) is 0.204. The minimum atomic E-state index is -4.70. The molecule has 1 saturated carbocycles. The van der Waals surface area contributed by atoms with Crippen LogP contribution in [0.5, 0.6) is 0 Å². The molecule has 4 aliphatic rings. The van der Waals surface area contributed by atoms with Crippen LogP contribution in [0.25, 0.3) is 0 Å². The summed E-state index contributed by atoms with van der Waals surface area (Å²) in [6, 6.07) is 0.575. The van der Waals surface area contributed by atoms with E-state index in [1.165, 1.54) is 11.2 Å². The number of nitrogens with zero attached hydrogens (tertiary/aromatic N) is 4. The second kappa shape index (κ2) is 5.65. The number of alkyl halides is 3. The molecule has 1 aromatic rings. The van der Waals surface area contributed by atoms with E-state index in [4.69, 9.17) is 4.74 Å². The summed E-state index contributed by atoms with van der Waals surface area (Å²) in [5.74, 6) is -1.33. The van der Waals surface area contributed by atoms with Crippen LogP contribution in [0.1, 0.15) is 24.4 Å². The lowest BCUT2D eigenvalue weighted by atomic mass is 9.61. The van der Waals surface area contributed by atoms with Crippen LogP contribution in [0.3, 0.4) is 0 Å². The molecule has 28 heavy (non-hydrogen) atoms. The van der Waals surface area contributed by atoms with Crippen molar-refractivity contribution >= 4 is 10.0 Å². The third kappa shape index (κ3) is 2.70. The van der Waals surface area contributed by atoms with Gasteiger partial charge in [-0.05, 0) is 19.8 Å². The zero-order valence-electron chi connectivity index (χ0n) is 15.4. The number of halogens is 3. The monoisotopic (exact) mass is 418 g/mol. The number of hydrogen-bond donors (Lipinski definition) is 0. The van der Waals surface area contributed by atoms with Crippen LogP contribution in [0.4, 0.5) is 13.2 Å². The number of ether oxygens (including phenoxy) is 1. The molecule has 0 unspecified atom stereocenters. The number of aryl methyl sites for hydroxylation is 1. The van der Waals surface area contributed by atoms with Gasteiger partial charge in [-0.1, -0.05) is 0 Å². The van der Waals surface area contributed by atoms with Crippen molar-refractivity contribution < 1.29 is 26.3 Å². The van der Waals surface area contributed by atoms with Gasteiger partial charge in [0.1, 0.15) is 4.90 Å². The third-order valence-corrected chi connectivity index (χ3v) is 8.47. The molecule has 154 valence electrons. The van der Waals surface area contributed by atoms with Crippen molar-refractivity contribution in [2.45, 2.75) is 36.9 Å². The summed E-state index contributed by atoms with van der Waals surface area (Å²) in [5, 5.41) is 0. The highest BCUT2D eigenvalue weighted by molar-refractivity contribution is 7.89. The van der Waals surface area contributed by atoms with Crippen molar-refractivity contribution in [1.82, 2.24) is 19.2 Å². The van der Waals surface area contributed by atoms with Crippen molar-refractivity contribution in [1.29, 1.82) is 0 Å². The van der Waals surface area contributed by atoms with E-state index in [-0.39, 0.29) is 16.0 Å². The summed E-state index contributed by atoms with van der Waals surface area (Å²) in [6.45, 7) is 5.54. The number of rotatable bonds is 3. The van der Waals surface area contributed by atoms with E-state index < -0.39 is 22.0 Å². The van der Waals surface area contributed by atoms with Gasteiger partial charge in [0.2, 0.25) is 15.8 Å². The van der Waals surface area contributed by atoms with Crippen LogP contribution < -0.4 is 0 Å². The molecule has 0 amide bonds. The predicted octanol–water partition coefficient (Wildman–Crippen LogP) is 1.29. The van der Waals surface area contributed by atoms with Crippen molar-refractivity contribution in [2.24, 2.45) is 10.8 Å². The van der Waals surface area contributed by atoms with E-state index in [1.54, 1.807) is 0 Å². The molecule has 4 heterocycles. The first-order valence-corrected chi connectivity index (χ1v) is 10.7. The van der Waals surface area contributed by atoms with Crippen molar-refractivity contribution in [2.75, 3.05) is 39.4 Å². The van der Waals surface area contributed by atoms with Crippen molar-refractivity contribution in [3.05, 3.63) is 17.7 Å². The first kappa shape index (κ1) is 18.7. The maximum absolute atomic E-state index is 12.8. The first-order chi connectivity index (χ1) is 13.0. The molecule has 1 aromatic heterocycles. The van der Waals surface area contributed by atoms with E-state index in [9.17, 15) is 21.6 Å². The Kier molecular flexibility index (Phi) is 3.77. The van der Waals surface area contributed by atoms with Gasteiger partial charge in [-0.2, -0.15) is 17.5 Å². The number of hydrogen-bond acceptors (Lipinski definition) is 6. The Morgan fingerprint density at radius 2 is 1.79 bits per heavy atom. The van der Waals surface area contributed by atoms with Crippen LogP contribution in [-0.2, 0) is 20.9 Å². The maximum Gasteiger partial charge on any atom is 0.451 e. The smallest absolute Gasteiger partial charge is 0.380 e. The Morgan fingerprint density at radius 3 is 2.29 bits per heavy atom. The van der Waals surface area contributed by atoms with Gasteiger partial charge in [-0.25, -0.2) is 18.4 Å². The highest BCUT2D eigenvalue weighted by Crippen LogP contribution is 2.53. The van der Waals surface area contributed by atoms with Gasteiger partial charge in [-0.15, -0.1) is 0 Å². The van der Waals surface area contributed by atoms with Crippen LogP contribution in [0, 0.1) is 17.8 Å². The maximum atomic E-state index is 12.8. The standard InChI is InChI=1S/C17H21F3N4O3S/c1-11-13(4-21-14(22-11)17(18,19)20)28(25,26)24-7-16(8-24)5-23(6-16)12-2-15(3-12)9-27-10-15/h4,12H,2-3,5-10H2,1H3. The van der Waals surface area contributed by atoms with Crippen LogP contribution >= 0.6 is 0 Å². The number of likely N-dealkylation sites (tertiary alicyclic amines) is 1. The first-order valence-electron chi connectivity index (χ1n) is 9.25. The van der Waals surface area contributed by atoms with Gasteiger partial charge in [0.25, 0.3) is 0 Å². The molecule has 1 aliphatic carbocycles. The molecular weight excluding hydrogens is 397 g/mol. The molecule has 5 rings (SSSR count). The largest absolute Gasteiger partial charge is 0.451 e. The zero-order chi connectivity index (χ0) is 19.9. The fraction of sp³-hybridized carbons (Fsp3) is 0.765. The predicted molar refractivity (Wildman–Crippen MR) is 90.8 cm³/mol. The summed E-state index contributed by atoms with van der Waals surface area (Å²) in [7, 11) is -3.88. The van der Waals surface area contributed by atoms with E-state index in [0.717, 1.165) is 45.3 Å². The average molecular weight is 418 g/mol. The highest BCUT2D eigenvalue weighted by Gasteiger charge is 2.60. The highest BCUT2D eigenvalue weighted by atomic mass is 32.2. The Balaban J connectivity index is 1.20. The molecular formula is C17H21F3N4O3S. The van der Waals surface area contributed by atoms with Crippen molar-refractivity contribution in [3.63, 3.8) is 0 Å². The van der Waals surface area contributed by atoms with Crippen LogP contribution in [0.2, 0.25) is 0 Å². The van der Waals surface area contributed by atoms with Crippen LogP contribution in [-0.4, -0.2) is 73.0 Å².